The lowest BCUT2D eigenvalue weighted by Crippen LogP contribution is -2.59. The van der Waals surface area contributed by atoms with Crippen molar-refractivity contribution < 1.29 is 24.1 Å². The van der Waals surface area contributed by atoms with Crippen molar-refractivity contribution >= 4 is 11.8 Å². The lowest BCUT2D eigenvalue weighted by atomic mass is 10.00. The third kappa shape index (κ3) is 5.94. The number of benzene rings is 1. The number of methoxy groups -OCH3 is 2. The van der Waals surface area contributed by atoms with Crippen LogP contribution in [0.15, 0.2) is 35.2 Å². The fourth-order valence-electron chi connectivity index (χ4n) is 2.94. The SMILES string of the molecule is CCCCCO[C@@H]1[C@@H](OC)[C@H](O)[C@@H](COC)O[C@H]1Sc1ccccc1. The zero-order chi connectivity index (χ0) is 18.1. The Morgan fingerprint density at radius 3 is 2.52 bits per heavy atom. The van der Waals surface area contributed by atoms with E-state index < -0.39 is 18.3 Å². The first-order valence-electron chi connectivity index (χ1n) is 8.89. The van der Waals surface area contributed by atoms with Crippen LogP contribution in [0.3, 0.4) is 0 Å². The zero-order valence-electron chi connectivity index (χ0n) is 15.3. The predicted molar refractivity (Wildman–Crippen MR) is 98.9 cm³/mol. The van der Waals surface area contributed by atoms with Gasteiger partial charge in [0.2, 0.25) is 0 Å². The molecule has 0 radical (unpaired) electrons. The molecule has 5 atom stereocenters. The number of aliphatic hydroxyl groups excluding tert-OH is 1. The molecule has 1 saturated heterocycles. The Balaban J connectivity index is 2.12. The van der Waals surface area contributed by atoms with E-state index in [9.17, 15) is 5.11 Å². The molecular formula is C19H30O5S. The van der Waals surface area contributed by atoms with Crippen LogP contribution in [0, 0.1) is 0 Å². The molecule has 0 aliphatic carbocycles. The van der Waals surface area contributed by atoms with Crippen LogP contribution in [-0.2, 0) is 18.9 Å². The van der Waals surface area contributed by atoms with E-state index in [1.165, 1.54) is 0 Å². The van der Waals surface area contributed by atoms with E-state index in [1.807, 2.05) is 30.3 Å². The summed E-state index contributed by atoms with van der Waals surface area (Å²) in [6.45, 7) is 3.11. The second-order valence-corrected chi connectivity index (χ2v) is 7.33. The molecule has 0 aromatic heterocycles. The molecule has 142 valence electrons. The molecule has 6 heteroatoms. The summed E-state index contributed by atoms with van der Waals surface area (Å²) in [5.74, 6) is 0. The number of hydrogen-bond acceptors (Lipinski definition) is 6. The van der Waals surface area contributed by atoms with E-state index in [0.29, 0.717) is 13.2 Å². The van der Waals surface area contributed by atoms with Gasteiger partial charge in [-0.2, -0.15) is 0 Å². The van der Waals surface area contributed by atoms with Crippen molar-refractivity contribution in [2.45, 2.75) is 60.9 Å². The van der Waals surface area contributed by atoms with Gasteiger partial charge < -0.3 is 24.1 Å². The molecule has 1 aliphatic rings. The standard InChI is InChI=1S/C19H30O5S/c1-4-5-9-12-23-18-17(22-3)16(20)15(13-21-2)24-19(18)25-14-10-7-6-8-11-14/h6-8,10-11,15-20H,4-5,9,12-13H2,1-3H3/t15-,16-,17+,18-,19+/m1/s1. The monoisotopic (exact) mass is 370 g/mol. The molecule has 0 unspecified atom stereocenters. The number of aliphatic hydroxyl groups is 1. The average Bonchev–Trinajstić information content (AvgIpc) is 2.63. The van der Waals surface area contributed by atoms with Crippen molar-refractivity contribution in [3.63, 3.8) is 0 Å². The van der Waals surface area contributed by atoms with Crippen LogP contribution >= 0.6 is 11.8 Å². The molecule has 0 spiro atoms. The highest BCUT2D eigenvalue weighted by molar-refractivity contribution is 7.99. The fourth-order valence-corrected chi connectivity index (χ4v) is 4.09. The average molecular weight is 371 g/mol. The summed E-state index contributed by atoms with van der Waals surface area (Å²) in [5.41, 5.74) is -0.266. The van der Waals surface area contributed by atoms with Gasteiger partial charge in [-0.05, 0) is 18.6 Å². The second kappa shape index (κ2) is 11.2. The minimum atomic E-state index is -0.784. The number of unbranched alkanes of at least 4 members (excludes halogenated alkanes) is 2. The summed E-state index contributed by atoms with van der Waals surface area (Å²) < 4.78 is 23.0. The van der Waals surface area contributed by atoms with Gasteiger partial charge in [0.05, 0.1) is 6.61 Å². The van der Waals surface area contributed by atoms with Crippen LogP contribution in [0.1, 0.15) is 26.2 Å². The van der Waals surface area contributed by atoms with Crippen LogP contribution in [0.4, 0.5) is 0 Å². The van der Waals surface area contributed by atoms with Gasteiger partial charge in [-0.1, -0.05) is 49.7 Å². The third-order valence-corrected chi connectivity index (χ3v) is 5.43. The van der Waals surface area contributed by atoms with Gasteiger partial charge >= 0.3 is 0 Å². The highest BCUT2D eigenvalue weighted by Crippen LogP contribution is 2.36. The summed E-state index contributed by atoms with van der Waals surface area (Å²) in [4.78, 5) is 1.09. The van der Waals surface area contributed by atoms with Crippen molar-refractivity contribution in [2.24, 2.45) is 0 Å². The van der Waals surface area contributed by atoms with E-state index in [1.54, 1.807) is 26.0 Å². The zero-order valence-corrected chi connectivity index (χ0v) is 16.1. The molecule has 1 aromatic rings. The van der Waals surface area contributed by atoms with Gasteiger partial charge in [-0.3, -0.25) is 0 Å². The summed E-state index contributed by atoms with van der Waals surface area (Å²) in [6.07, 6.45) is 1.24. The van der Waals surface area contributed by atoms with E-state index in [2.05, 4.69) is 6.92 Å². The van der Waals surface area contributed by atoms with E-state index >= 15 is 0 Å². The van der Waals surface area contributed by atoms with Gasteiger partial charge in [0.15, 0.2) is 0 Å². The number of ether oxygens (including phenoxy) is 4. The molecule has 25 heavy (non-hydrogen) atoms. The Labute approximate surface area is 155 Å². The van der Waals surface area contributed by atoms with Crippen LogP contribution in [-0.4, -0.2) is 62.4 Å². The third-order valence-electron chi connectivity index (χ3n) is 4.28. The molecule has 0 bridgehead atoms. The van der Waals surface area contributed by atoms with E-state index in [-0.39, 0.29) is 11.5 Å². The maximum absolute atomic E-state index is 10.6. The Morgan fingerprint density at radius 1 is 1.12 bits per heavy atom. The van der Waals surface area contributed by atoms with Crippen LogP contribution in [0.5, 0.6) is 0 Å². The first-order valence-corrected chi connectivity index (χ1v) is 9.77. The van der Waals surface area contributed by atoms with E-state index in [4.69, 9.17) is 18.9 Å². The molecule has 2 rings (SSSR count). The van der Waals surface area contributed by atoms with Gasteiger partial charge in [-0.15, -0.1) is 0 Å². The minimum Gasteiger partial charge on any atom is -0.387 e. The fraction of sp³-hybridized carbons (Fsp3) is 0.684. The van der Waals surface area contributed by atoms with Crippen molar-refractivity contribution in [3.8, 4) is 0 Å². The molecule has 1 N–H and O–H groups in total. The molecule has 1 fully saturated rings. The second-order valence-electron chi connectivity index (χ2n) is 6.16. The van der Waals surface area contributed by atoms with Crippen LogP contribution in [0.2, 0.25) is 0 Å². The van der Waals surface area contributed by atoms with E-state index in [0.717, 1.165) is 24.2 Å². The first kappa shape index (κ1) is 20.7. The normalized spacial score (nSPS) is 29.7. The predicted octanol–water partition coefficient (Wildman–Crippen LogP) is 3.10. The summed E-state index contributed by atoms with van der Waals surface area (Å²) in [6, 6.07) is 10.1. The summed E-state index contributed by atoms with van der Waals surface area (Å²) in [7, 11) is 3.21. The quantitative estimate of drug-likeness (QED) is 0.639. The van der Waals surface area contributed by atoms with Crippen molar-refractivity contribution in [1.29, 1.82) is 0 Å². The van der Waals surface area contributed by atoms with Gasteiger partial charge in [0.25, 0.3) is 0 Å². The molecular weight excluding hydrogens is 340 g/mol. The van der Waals surface area contributed by atoms with Crippen molar-refractivity contribution in [3.05, 3.63) is 30.3 Å². The van der Waals surface area contributed by atoms with Gasteiger partial charge in [-0.25, -0.2) is 0 Å². The molecule has 1 aromatic carbocycles. The molecule has 1 heterocycles. The van der Waals surface area contributed by atoms with Crippen molar-refractivity contribution in [1.82, 2.24) is 0 Å². The molecule has 0 saturated carbocycles. The van der Waals surface area contributed by atoms with Crippen molar-refractivity contribution in [2.75, 3.05) is 27.4 Å². The Bertz CT molecular complexity index is 472. The highest BCUT2D eigenvalue weighted by atomic mass is 32.2. The number of hydrogen-bond donors (Lipinski definition) is 1. The Morgan fingerprint density at radius 2 is 1.88 bits per heavy atom. The Hall–Kier alpha value is -0.630. The molecule has 5 nitrogen and oxygen atoms in total. The smallest absolute Gasteiger partial charge is 0.137 e. The lowest BCUT2D eigenvalue weighted by molar-refractivity contribution is -0.227. The Kier molecular flexibility index (Phi) is 9.23. The number of rotatable bonds is 10. The minimum absolute atomic E-state index is 0.266. The molecule has 0 amide bonds. The topological polar surface area (TPSA) is 57.2 Å². The van der Waals surface area contributed by atoms with Crippen LogP contribution in [0.25, 0.3) is 0 Å². The summed E-state index contributed by atoms with van der Waals surface area (Å²) >= 11 is 1.59. The maximum atomic E-state index is 10.6. The van der Waals surface area contributed by atoms with Gasteiger partial charge in [0, 0.05) is 25.7 Å². The summed E-state index contributed by atoms with van der Waals surface area (Å²) in [5, 5.41) is 10.6. The molecule has 1 aliphatic heterocycles. The highest BCUT2D eigenvalue weighted by Gasteiger charge is 2.46. The number of thioether (sulfide) groups is 1. The lowest BCUT2D eigenvalue weighted by Gasteiger charge is -2.43. The van der Waals surface area contributed by atoms with Crippen LogP contribution < -0.4 is 0 Å². The first-order chi connectivity index (χ1) is 12.2. The van der Waals surface area contributed by atoms with Gasteiger partial charge in [0.1, 0.15) is 29.9 Å². The largest absolute Gasteiger partial charge is 0.387 e. The maximum Gasteiger partial charge on any atom is 0.137 e.